The number of hydrogen-bond acceptors (Lipinski definition) is 2. The predicted molar refractivity (Wildman–Crippen MR) is 70.5 cm³/mol. The molecule has 0 unspecified atom stereocenters. The van der Waals surface area contributed by atoms with Crippen molar-refractivity contribution in [3.05, 3.63) is 23.3 Å². The normalized spacial score (nSPS) is 11.6. The first-order chi connectivity index (χ1) is 7.29. The fourth-order valence-electron chi connectivity index (χ4n) is 1.50. The third kappa shape index (κ3) is 3.89. The molecule has 0 fully saturated rings. The quantitative estimate of drug-likeness (QED) is 0.770. The van der Waals surface area contributed by atoms with E-state index in [1.165, 1.54) is 16.6 Å². The van der Waals surface area contributed by atoms with Crippen LogP contribution in [-0.4, -0.2) is 25.2 Å². The van der Waals surface area contributed by atoms with E-state index < -0.39 is 5.60 Å². The number of rotatable bonds is 4. The van der Waals surface area contributed by atoms with Gasteiger partial charge in [-0.2, -0.15) is 0 Å². The number of aliphatic hydroxyl groups is 1. The maximum Gasteiger partial charge on any atom is 0.139 e. The zero-order valence-electron chi connectivity index (χ0n) is 10.9. The van der Waals surface area contributed by atoms with Gasteiger partial charge in [-0.1, -0.05) is 16.6 Å². The summed E-state index contributed by atoms with van der Waals surface area (Å²) >= 11 is 0. The molecular weight excluding hydrogens is 199 g/mol. The fraction of sp³-hybridized carbons (Fsp3) is 0.538. The van der Waals surface area contributed by atoms with E-state index in [2.05, 4.69) is 21.7 Å². The van der Waals surface area contributed by atoms with Gasteiger partial charge in [0.25, 0.3) is 0 Å². The van der Waals surface area contributed by atoms with Crippen LogP contribution in [0.2, 0.25) is 0 Å². The first-order valence-corrected chi connectivity index (χ1v) is 5.72. The summed E-state index contributed by atoms with van der Waals surface area (Å²) in [4.78, 5) is 0. The summed E-state index contributed by atoms with van der Waals surface area (Å²) < 4.78 is 5.64. The molecule has 0 aliphatic rings. The predicted octanol–water partition coefficient (Wildman–Crippen LogP) is 1.10. The van der Waals surface area contributed by atoms with Gasteiger partial charge in [0.15, 0.2) is 0 Å². The zero-order valence-corrected chi connectivity index (χ0v) is 10.9. The second-order valence-electron chi connectivity index (χ2n) is 5.09. The Bertz CT molecular complexity index is 344. The van der Waals surface area contributed by atoms with Crippen molar-refractivity contribution in [3.8, 4) is 5.75 Å². The average molecular weight is 220 g/mol. The van der Waals surface area contributed by atoms with Gasteiger partial charge < -0.3 is 9.84 Å². The largest absolute Gasteiger partial charge is 0.493 e. The molecule has 0 saturated heterocycles. The molecule has 1 aromatic carbocycles. The van der Waals surface area contributed by atoms with Crippen molar-refractivity contribution in [1.82, 2.24) is 0 Å². The first-order valence-electron chi connectivity index (χ1n) is 5.72. The number of ether oxygens (including phenoxy) is 1. The van der Waals surface area contributed by atoms with Crippen LogP contribution in [0.1, 0.15) is 31.4 Å². The minimum absolute atomic E-state index is 0.547. The Morgan fingerprint density at radius 3 is 2.19 bits per heavy atom. The van der Waals surface area contributed by atoms with Crippen LogP contribution in [0, 0.1) is 13.8 Å². The summed E-state index contributed by atoms with van der Waals surface area (Å²) in [5.74, 6) is 0.893. The molecule has 0 amide bonds. The lowest BCUT2D eigenvalue weighted by Gasteiger charge is -2.17. The smallest absolute Gasteiger partial charge is 0.139 e. The molecule has 0 radical (unpaired) electrons. The lowest BCUT2D eigenvalue weighted by molar-refractivity contribution is 0.0553. The van der Waals surface area contributed by atoms with Gasteiger partial charge in [-0.3, -0.25) is 0 Å². The Hall–Kier alpha value is -0.955. The molecule has 0 heterocycles. The van der Waals surface area contributed by atoms with E-state index in [4.69, 9.17) is 4.74 Å². The van der Waals surface area contributed by atoms with E-state index in [-0.39, 0.29) is 0 Å². The Morgan fingerprint density at radius 2 is 1.75 bits per heavy atom. The van der Waals surface area contributed by atoms with Crippen LogP contribution in [0.4, 0.5) is 0 Å². The summed E-state index contributed by atoms with van der Waals surface area (Å²) in [6.07, 6.45) is 0.638. The van der Waals surface area contributed by atoms with E-state index in [9.17, 15) is 5.11 Å². The van der Waals surface area contributed by atoms with Crippen LogP contribution in [0.25, 0.3) is 0 Å². The third-order valence-corrected chi connectivity index (χ3v) is 2.88. The van der Waals surface area contributed by atoms with Crippen LogP contribution >= 0.6 is 0 Å². The van der Waals surface area contributed by atoms with Crippen molar-refractivity contribution in [2.45, 2.75) is 39.7 Å². The summed E-state index contributed by atoms with van der Waals surface area (Å²) in [7, 11) is 2.12. The molecular formula is C13H21BO2. The standard InChI is InChI=1S/C13H21BO2/c1-9-7-11(8-10(2)12(9)14)16-6-5-13(3,4)15/h7-8,15H,5-6,14H2,1-4H3. The topological polar surface area (TPSA) is 29.5 Å². The maximum absolute atomic E-state index is 9.57. The minimum Gasteiger partial charge on any atom is -0.493 e. The van der Waals surface area contributed by atoms with Gasteiger partial charge in [0, 0.05) is 6.42 Å². The molecule has 3 heteroatoms. The highest BCUT2D eigenvalue weighted by atomic mass is 16.5. The molecule has 2 nitrogen and oxygen atoms in total. The fourth-order valence-corrected chi connectivity index (χ4v) is 1.50. The zero-order chi connectivity index (χ0) is 12.3. The van der Waals surface area contributed by atoms with Gasteiger partial charge in [0.1, 0.15) is 13.6 Å². The Labute approximate surface area is 99.0 Å². The molecule has 1 aromatic rings. The van der Waals surface area contributed by atoms with E-state index in [0.29, 0.717) is 13.0 Å². The van der Waals surface area contributed by atoms with Crippen LogP contribution in [0.15, 0.2) is 12.1 Å². The van der Waals surface area contributed by atoms with Gasteiger partial charge in [-0.15, -0.1) is 0 Å². The lowest BCUT2D eigenvalue weighted by atomic mass is 9.87. The lowest BCUT2D eigenvalue weighted by Crippen LogP contribution is -2.22. The van der Waals surface area contributed by atoms with Crippen molar-refractivity contribution >= 4 is 13.3 Å². The summed E-state index contributed by atoms with van der Waals surface area (Å²) in [5, 5.41) is 9.57. The molecule has 0 aliphatic carbocycles. The molecule has 0 spiro atoms. The SMILES string of the molecule is Bc1c(C)cc(OCCC(C)(C)O)cc1C. The van der Waals surface area contributed by atoms with Gasteiger partial charge >= 0.3 is 0 Å². The molecule has 0 aromatic heterocycles. The van der Waals surface area contributed by atoms with Crippen LogP contribution in [0.5, 0.6) is 5.75 Å². The summed E-state index contributed by atoms with van der Waals surface area (Å²) in [5.41, 5.74) is 3.15. The summed E-state index contributed by atoms with van der Waals surface area (Å²) in [6.45, 7) is 8.31. The van der Waals surface area contributed by atoms with E-state index in [1.807, 2.05) is 12.1 Å². The van der Waals surface area contributed by atoms with E-state index in [0.717, 1.165) is 5.75 Å². The highest BCUT2D eigenvalue weighted by molar-refractivity contribution is 6.34. The van der Waals surface area contributed by atoms with Crippen molar-refractivity contribution in [3.63, 3.8) is 0 Å². The molecule has 88 valence electrons. The molecule has 16 heavy (non-hydrogen) atoms. The molecule has 1 rings (SSSR count). The Kier molecular flexibility index (Phi) is 4.03. The second-order valence-corrected chi connectivity index (χ2v) is 5.09. The van der Waals surface area contributed by atoms with Crippen LogP contribution in [-0.2, 0) is 0 Å². The maximum atomic E-state index is 9.57. The average Bonchev–Trinajstić information content (AvgIpc) is 2.12. The van der Waals surface area contributed by atoms with Crippen molar-refractivity contribution in [2.24, 2.45) is 0 Å². The van der Waals surface area contributed by atoms with E-state index >= 15 is 0 Å². The van der Waals surface area contributed by atoms with Crippen LogP contribution in [0.3, 0.4) is 0 Å². The molecule has 0 bridgehead atoms. The van der Waals surface area contributed by atoms with Gasteiger partial charge in [-0.25, -0.2) is 0 Å². The highest BCUT2D eigenvalue weighted by Crippen LogP contribution is 2.16. The number of aryl methyl sites for hydroxylation is 2. The van der Waals surface area contributed by atoms with Gasteiger partial charge in [-0.05, 0) is 39.8 Å². The van der Waals surface area contributed by atoms with Crippen LogP contribution < -0.4 is 10.2 Å². The van der Waals surface area contributed by atoms with Crippen molar-refractivity contribution < 1.29 is 9.84 Å². The van der Waals surface area contributed by atoms with Gasteiger partial charge in [0.05, 0.1) is 12.2 Å². The van der Waals surface area contributed by atoms with Gasteiger partial charge in [0.2, 0.25) is 0 Å². The Morgan fingerprint density at radius 1 is 1.25 bits per heavy atom. The highest BCUT2D eigenvalue weighted by Gasteiger charge is 2.12. The molecule has 0 atom stereocenters. The van der Waals surface area contributed by atoms with Crippen molar-refractivity contribution in [1.29, 1.82) is 0 Å². The Balaban J connectivity index is 2.62. The monoisotopic (exact) mass is 220 g/mol. The summed E-state index contributed by atoms with van der Waals surface area (Å²) in [6, 6.07) is 4.10. The second kappa shape index (κ2) is 4.92. The molecule has 0 aliphatic heterocycles. The third-order valence-electron chi connectivity index (χ3n) is 2.88. The number of benzene rings is 1. The molecule has 0 saturated carbocycles. The minimum atomic E-state index is -0.658. The first kappa shape index (κ1) is 13.1. The van der Waals surface area contributed by atoms with Crippen molar-refractivity contribution in [2.75, 3.05) is 6.61 Å². The molecule has 1 N–H and O–H groups in total. The van der Waals surface area contributed by atoms with E-state index in [1.54, 1.807) is 13.8 Å². The number of hydrogen-bond donors (Lipinski definition) is 1.